The minimum Gasteiger partial charge on any atom is -0.444 e. The fourth-order valence-electron chi connectivity index (χ4n) is 2.36. The Morgan fingerprint density at radius 1 is 1.23 bits per heavy atom. The molecule has 2 rings (SSSR count). The number of aromatic nitrogens is 3. The Labute approximate surface area is 126 Å². The number of ether oxygens (including phenoxy) is 1. The highest BCUT2D eigenvalue weighted by Gasteiger charge is 2.41. The average Bonchev–Trinajstić information content (AvgIpc) is 2.68. The summed E-state index contributed by atoms with van der Waals surface area (Å²) in [7, 11) is 0. The minimum absolute atomic E-state index is 0.112. The van der Waals surface area contributed by atoms with E-state index in [0.29, 0.717) is 13.0 Å². The maximum atomic E-state index is 12.9. The van der Waals surface area contributed by atoms with Gasteiger partial charge in [0, 0.05) is 13.1 Å². The van der Waals surface area contributed by atoms with Gasteiger partial charge >= 0.3 is 12.3 Å². The Hall–Kier alpha value is -1.80. The number of carbonyl (C=O) groups is 1. The maximum Gasteiger partial charge on any atom is 0.451 e. The zero-order chi connectivity index (χ0) is 16.7. The summed E-state index contributed by atoms with van der Waals surface area (Å²) in [6.07, 6.45) is -4.76. The fraction of sp³-hybridized carbons (Fsp3) is 0.769. The summed E-state index contributed by atoms with van der Waals surface area (Å²) in [6.45, 7) is 7.24. The molecule has 1 amide bonds. The van der Waals surface area contributed by atoms with Gasteiger partial charge in [-0.3, -0.25) is 4.90 Å². The largest absolute Gasteiger partial charge is 0.451 e. The summed E-state index contributed by atoms with van der Waals surface area (Å²) in [4.78, 5) is 13.6. The van der Waals surface area contributed by atoms with Crippen LogP contribution in [0.1, 0.15) is 51.8 Å². The normalized spacial score (nSPS) is 19.6. The second kappa shape index (κ2) is 5.44. The molecule has 0 saturated carbocycles. The van der Waals surface area contributed by atoms with Gasteiger partial charge in [-0.05, 0) is 34.1 Å². The van der Waals surface area contributed by atoms with E-state index in [1.54, 1.807) is 27.7 Å². The van der Waals surface area contributed by atoms with Gasteiger partial charge in [-0.1, -0.05) is 0 Å². The van der Waals surface area contributed by atoms with E-state index >= 15 is 0 Å². The monoisotopic (exact) mass is 320 g/mol. The second-order valence-electron chi connectivity index (χ2n) is 6.23. The van der Waals surface area contributed by atoms with Crippen LogP contribution in [0, 0.1) is 0 Å². The Morgan fingerprint density at radius 2 is 1.86 bits per heavy atom. The molecule has 124 valence electrons. The summed E-state index contributed by atoms with van der Waals surface area (Å²) in [5.74, 6) is -0.906. The smallest absolute Gasteiger partial charge is 0.444 e. The molecule has 9 heteroatoms. The first kappa shape index (κ1) is 16.6. The summed E-state index contributed by atoms with van der Waals surface area (Å²) >= 11 is 0. The van der Waals surface area contributed by atoms with Crippen molar-refractivity contribution in [2.45, 2.75) is 58.5 Å². The molecule has 1 aromatic heterocycles. The van der Waals surface area contributed by atoms with Crippen LogP contribution in [0.5, 0.6) is 0 Å². The van der Waals surface area contributed by atoms with Crippen molar-refractivity contribution in [1.29, 1.82) is 0 Å². The lowest BCUT2D eigenvalue weighted by atomic mass is 10.2. The topological polar surface area (TPSA) is 60.2 Å². The van der Waals surface area contributed by atoms with Crippen molar-refractivity contribution < 1.29 is 22.7 Å². The molecule has 22 heavy (non-hydrogen) atoms. The van der Waals surface area contributed by atoms with E-state index in [0.717, 1.165) is 4.57 Å². The van der Waals surface area contributed by atoms with Crippen LogP contribution >= 0.6 is 0 Å². The minimum atomic E-state index is -4.56. The molecule has 0 N–H and O–H groups in total. The van der Waals surface area contributed by atoms with E-state index in [1.807, 2.05) is 0 Å². The van der Waals surface area contributed by atoms with Crippen molar-refractivity contribution in [3.05, 3.63) is 11.6 Å². The lowest BCUT2D eigenvalue weighted by Crippen LogP contribution is -2.38. The Kier molecular flexibility index (Phi) is 4.09. The number of carbonyl (C=O) groups excluding carboxylic acids is 1. The van der Waals surface area contributed by atoms with E-state index in [4.69, 9.17) is 4.74 Å². The number of fused-ring (bicyclic) bond motifs is 1. The molecule has 1 atom stereocenters. The molecule has 1 aromatic rings. The van der Waals surface area contributed by atoms with Crippen molar-refractivity contribution in [1.82, 2.24) is 19.7 Å². The summed E-state index contributed by atoms with van der Waals surface area (Å²) in [5, 5.41) is 6.88. The van der Waals surface area contributed by atoms with Crippen LogP contribution < -0.4 is 0 Å². The van der Waals surface area contributed by atoms with Gasteiger partial charge in [-0.25, -0.2) is 4.79 Å². The third kappa shape index (κ3) is 3.33. The van der Waals surface area contributed by atoms with Gasteiger partial charge < -0.3 is 9.30 Å². The third-order valence-corrected chi connectivity index (χ3v) is 3.28. The number of amides is 1. The SMILES string of the molecule is CC1c2nnc(C(F)(F)F)n2CCCN1C(=O)OC(C)(C)C. The first-order chi connectivity index (χ1) is 10.0. The van der Waals surface area contributed by atoms with Gasteiger partial charge in [0.05, 0.1) is 6.04 Å². The van der Waals surface area contributed by atoms with Gasteiger partial charge in [0.2, 0.25) is 5.82 Å². The van der Waals surface area contributed by atoms with Gasteiger partial charge in [0.15, 0.2) is 5.82 Å². The van der Waals surface area contributed by atoms with Crippen LogP contribution in [0.25, 0.3) is 0 Å². The van der Waals surface area contributed by atoms with Crippen LogP contribution in [0.2, 0.25) is 0 Å². The molecule has 0 aromatic carbocycles. The number of alkyl halides is 3. The molecule has 0 fully saturated rings. The first-order valence-electron chi connectivity index (χ1n) is 7.00. The van der Waals surface area contributed by atoms with Crippen molar-refractivity contribution in [2.24, 2.45) is 0 Å². The van der Waals surface area contributed by atoms with Gasteiger partial charge in [0.25, 0.3) is 0 Å². The Bertz CT molecular complexity index is 563. The van der Waals surface area contributed by atoms with E-state index in [9.17, 15) is 18.0 Å². The second-order valence-corrected chi connectivity index (χ2v) is 6.23. The van der Waals surface area contributed by atoms with E-state index < -0.39 is 29.7 Å². The number of hydrogen-bond acceptors (Lipinski definition) is 4. The number of nitrogens with zero attached hydrogens (tertiary/aromatic N) is 4. The molecule has 0 saturated heterocycles. The lowest BCUT2D eigenvalue weighted by Gasteiger charge is -2.29. The van der Waals surface area contributed by atoms with Crippen molar-refractivity contribution in [3.63, 3.8) is 0 Å². The van der Waals surface area contributed by atoms with Crippen LogP contribution in [-0.4, -0.2) is 37.9 Å². The molecular weight excluding hydrogens is 301 g/mol. The average molecular weight is 320 g/mol. The van der Waals surface area contributed by atoms with Gasteiger partial charge in [-0.2, -0.15) is 13.2 Å². The van der Waals surface area contributed by atoms with Crippen LogP contribution in [-0.2, 0) is 17.5 Å². The Balaban J connectivity index is 2.30. The van der Waals surface area contributed by atoms with E-state index in [2.05, 4.69) is 10.2 Å². The van der Waals surface area contributed by atoms with E-state index in [1.165, 1.54) is 4.90 Å². The number of hydrogen-bond donors (Lipinski definition) is 0. The van der Waals surface area contributed by atoms with Crippen molar-refractivity contribution in [3.8, 4) is 0 Å². The molecule has 0 spiro atoms. The third-order valence-electron chi connectivity index (χ3n) is 3.28. The highest BCUT2D eigenvalue weighted by Crippen LogP contribution is 2.32. The van der Waals surface area contributed by atoms with Crippen molar-refractivity contribution in [2.75, 3.05) is 6.54 Å². The fourth-order valence-corrected chi connectivity index (χ4v) is 2.36. The molecule has 1 aliphatic heterocycles. The molecule has 0 aliphatic carbocycles. The molecule has 1 aliphatic rings. The quantitative estimate of drug-likeness (QED) is 0.737. The molecule has 0 radical (unpaired) electrons. The van der Waals surface area contributed by atoms with Crippen LogP contribution in [0.4, 0.5) is 18.0 Å². The lowest BCUT2D eigenvalue weighted by molar-refractivity contribution is -0.147. The van der Waals surface area contributed by atoms with Crippen molar-refractivity contribution >= 4 is 6.09 Å². The van der Waals surface area contributed by atoms with Crippen LogP contribution in [0.15, 0.2) is 0 Å². The number of halogens is 3. The molecule has 1 unspecified atom stereocenters. The standard InChI is InChI=1S/C13H19F3N4O2/c1-8-9-17-18-10(13(14,15)16)20(9)7-5-6-19(8)11(21)22-12(2,3)4/h8H,5-7H2,1-4H3. The summed E-state index contributed by atoms with van der Waals surface area (Å²) < 4.78 is 45.1. The predicted octanol–water partition coefficient (Wildman–Crippen LogP) is 3.00. The number of rotatable bonds is 0. The molecule has 2 heterocycles. The Morgan fingerprint density at radius 3 is 2.41 bits per heavy atom. The maximum absolute atomic E-state index is 12.9. The molecular formula is C13H19F3N4O2. The van der Waals surface area contributed by atoms with Gasteiger partial charge in [-0.15, -0.1) is 10.2 Å². The zero-order valence-corrected chi connectivity index (χ0v) is 12.9. The highest BCUT2D eigenvalue weighted by molar-refractivity contribution is 5.68. The highest BCUT2D eigenvalue weighted by atomic mass is 19.4. The molecule has 0 bridgehead atoms. The molecule has 6 nitrogen and oxygen atoms in total. The first-order valence-corrected chi connectivity index (χ1v) is 7.00. The zero-order valence-electron chi connectivity index (χ0n) is 12.9. The predicted molar refractivity (Wildman–Crippen MR) is 71.0 cm³/mol. The van der Waals surface area contributed by atoms with Crippen LogP contribution in [0.3, 0.4) is 0 Å². The summed E-state index contributed by atoms with van der Waals surface area (Å²) in [6, 6.07) is -0.638. The van der Waals surface area contributed by atoms with E-state index in [-0.39, 0.29) is 12.4 Å². The summed E-state index contributed by atoms with van der Waals surface area (Å²) in [5.41, 5.74) is -0.673. The van der Waals surface area contributed by atoms with Gasteiger partial charge in [0.1, 0.15) is 5.60 Å².